The normalized spacial score (nSPS) is 11.4. The molecule has 0 atom stereocenters. The van der Waals surface area contributed by atoms with E-state index in [4.69, 9.17) is 42.6 Å². The quantitative estimate of drug-likeness (QED) is 0.0728. The second-order valence-corrected chi connectivity index (χ2v) is 9.70. The standard InChI is InChI=1S/C31H62O10/c1-3-5-7-9-11-13-31(32)41-30-29-40-28-27-39-26-25-38-24-23-37-22-21-36-20-19-35-18-17-34-16-15-33-14-12-10-8-6-4-2/h3-30H2,1-2H3. The number of hydrogen-bond donors (Lipinski definition) is 0. The van der Waals surface area contributed by atoms with Gasteiger partial charge in [0.15, 0.2) is 0 Å². The van der Waals surface area contributed by atoms with Crippen molar-refractivity contribution >= 4 is 5.97 Å². The summed E-state index contributed by atoms with van der Waals surface area (Å²) in [5, 5.41) is 0. The lowest BCUT2D eigenvalue weighted by molar-refractivity contribution is -0.145. The third-order valence-corrected chi connectivity index (χ3v) is 5.97. The van der Waals surface area contributed by atoms with Crippen molar-refractivity contribution < 1.29 is 47.4 Å². The molecule has 0 saturated carbocycles. The number of rotatable bonds is 36. The molecule has 41 heavy (non-hydrogen) atoms. The Hall–Kier alpha value is -0.850. The van der Waals surface area contributed by atoms with E-state index in [9.17, 15) is 4.79 Å². The van der Waals surface area contributed by atoms with Crippen molar-refractivity contribution in [3.05, 3.63) is 0 Å². The van der Waals surface area contributed by atoms with Gasteiger partial charge < -0.3 is 42.6 Å². The maximum atomic E-state index is 11.6. The molecule has 0 saturated heterocycles. The van der Waals surface area contributed by atoms with Crippen LogP contribution in [0, 0.1) is 0 Å². The van der Waals surface area contributed by atoms with Gasteiger partial charge in [-0.2, -0.15) is 0 Å². The number of esters is 1. The summed E-state index contributed by atoms with van der Waals surface area (Å²) >= 11 is 0. The summed E-state index contributed by atoms with van der Waals surface area (Å²) in [6, 6.07) is 0. The summed E-state index contributed by atoms with van der Waals surface area (Å²) in [5.74, 6) is -0.141. The number of carbonyl (C=O) groups is 1. The largest absolute Gasteiger partial charge is 0.463 e. The first-order chi connectivity index (χ1) is 20.3. The maximum absolute atomic E-state index is 11.6. The summed E-state index contributed by atoms with van der Waals surface area (Å²) < 4.78 is 49.0. The molecule has 0 aliphatic rings. The van der Waals surface area contributed by atoms with Gasteiger partial charge in [-0.05, 0) is 12.8 Å². The molecular weight excluding hydrogens is 532 g/mol. The van der Waals surface area contributed by atoms with Gasteiger partial charge >= 0.3 is 5.97 Å². The molecule has 0 aromatic heterocycles. The molecule has 0 rings (SSSR count). The van der Waals surface area contributed by atoms with Crippen molar-refractivity contribution in [1.29, 1.82) is 0 Å². The van der Waals surface area contributed by atoms with Crippen LogP contribution in [0.4, 0.5) is 0 Å². The third-order valence-electron chi connectivity index (χ3n) is 5.97. The Morgan fingerprint density at radius 2 is 0.634 bits per heavy atom. The van der Waals surface area contributed by atoms with E-state index in [0.29, 0.717) is 112 Å². The van der Waals surface area contributed by atoms with Crippen LogP contribution >= 0.6 is 0 Å². The number of carbonyl (C=O) groups excluding carboxylic acids is 1. The van der Waals surface area contributed by atoms with Crippen molar-refractivity contribution in [2.75, 3.05) is 112 Å². The van der Waals surface area contributed by atoms with Gasteiger partial charge in [-0.25, -0.2) is 0 Å². The van der Waals surface area contributed by atoms with E-state index in [1.54, 1.807) is 0 Å². The SMILES string of the molecule is CCCCCCCOCCOCCOCCOCCOCCOCCOCCOCCOC(=O)CCCCCCC. The van der Waals surface area contributed by atoms with Crippen LogP contribution in [0.3, 0.4) is 0 Å². The van der Waals surface area contributed by atoms with Gasteiger partial charge in [-0.3, -0.25) is 4.79 Å². The Labute approximate surface area is 250 Å². The average molecular weight is 595 g/mol. The van der Waals surface area contributed by atoms with E-state index in [2.05, 4.69) is 13.8 Å². The van der Waals surface area contributed by atoms with Crippen LogP contribution in [-0.4, -0.2) is 118 Å². The molecule has 0 heterocycles. The lowest BCUT2D eigenvalue weighted by atomic mass is 10.1. The lowest BCUT2D eigenvalue weighted by Crippen LogP contribution is -2.15. The Morgan fingerprint density at radius 3 is 1.00 bits per heavy atom. The highest BCUT2D eigenvalue weighted by molar-refractivity contribution is 5.69. The Bertz CT molecular complexity index is 496. The van der Waals surface area contributed by atoms with Crippen LogP contribution < -0.4 is 0 Å². The van der Waals surface area contributed by atoms with Gasteiger partial charge in [0.25, 0.3) is 0 Å². The second kappa shape index (κ2) is 37.2. The minimum Gasteiger partial charge on any atom is -0.463 e. The summed E-state index contributed by atoms with van der Waals surface area (Å²) in [6.07, 6.45) is 12.4. The Kier molecular flexibility index (Phi) is 36.4. The van der Waals surface area contributed by atoms with Crippen LogP contribution in [0.2, 0.25) is 0 Å². The third kappa shape index (κ3) is 37.1. The van der Waals surface area contributed by atoms with Crippen molar-refractivity contribution in [2.24, 2.45) is 0 Å². The van der Waals surface area contributed by atoms with E-state index in [0.717, 1.165) is 25.9 Å². The summed E-state index contributed by atoms with van der Waals surface area (Å²) in [6.45, 7) is 13.4. The van der Waals surface area contributed by atoms with Gasteiger partial charge in [-0.1, -0.05) is 65.2 Å². The fraction of sp³-hybridized carbons (Fsp3) is 0.968. The minimum atomic E-state index is -0.141. The van der Waals surface area contributed by atoms with E-state index in [1.165, 1.54) is 44.9 Å². The molecule has 0 fully saturated rings. The first kappa shape index (κ1) is 40.1. The molecule has 0 bridgehead atoms. The van der Waals surface area contributed by atoms with Crippen LogP contribution in [-0.2, 0) is 47.4 Å². The smallest absolute Gasteiger partial charge is 0.305 e. The topological polar surface area (TPSA) is 100 Å². The van der Waals surface area contributed by atoms with Crippen LogP contribution in [0.15, 0.2) is 0 Å². The van der Waals surface area contributed by atoms with Gasteiger partial charge in [0.1, 0.15) is 6.61 Å². The predicted octanol–water partition coefficient (Wildman–Crippen LogP) is 4.99. The first-order valence-electron chi connectivity index (χ1n) is 16.1. The molecule has 0 aromatic carbocycles. The van der Waals surface area contributed by atoms with E-state index >= 15 is 0 Å². The summed E-state index contributed by atoms with van der Waals surface area (Å²) in [4.78, 5) is 11.6. The number of ether oxygens (including phenoxy) is 9. The highest BCUT2D eigenvalue weighted by atomic mass is 16.6. The molecule has 0 aliphatic carbocycles. The Morgan fingerprint density at radius 1 is 0.341 bits per heavy atom. The zero-order chi connectivity index (χ0) is 29.7. The van der Waals surface area contributed by atoms with Crippen molar-refractivity contribution in [1.82, 2.24) is 0 Å². The van der Waals surface area contributed by atoms with Gasteiger partial charge in [-0.15, -0.1) is 0 Å². The molecule has 10 nitrogen and oxygen atoms in total. The lowest BCUT2D eigenvalue weighted by Gasteiger charge is -2.09. The zero-order valence-corrected chi connectivity index (χ0v) is 26.4. The highest BCUT2D eigenvalue weighted by Crippen LogP contribution is 2.05. The van der Waals surface area contributed by atoms with Gasteiger partial charge in [0.2, 0.25) is 0 Å². The number of hydrogen-bond acceptors (Lipinski definition) is 10. The molecule has 0 spiro atoms. The maximum Gasteiger partial charge on any atom is 0.305 e. The Balaban J connectivity index is 3.08. The van der Waals surface area contributed by atoms with Crippen LogP contribution in [0.5, 0.6) is 0 Å². The number of unbranched alkanes of at least 4 members (excludes halogenated alkanes) is 8. The molecule has 0 radical (unpaired) electrons. The molecule has 0 aromatic rings. The van der Waals surface area contributed by atoms with Gasteiger partial charge in [0.05, 0.1) is 99.1 Å². The fourth-order valence-electron chi connectivity index (χ4n) is 3.61. The van der Waals surface area contributed by atoms with E-state index < -0.39 is 0 Å². The van der Waals surface area contributed by atoms with E-state index in [-0.39, 0.29) is 5.97 Å². The minimum absolute atomic E-state index is 0.141. The first-order valence-corrected chi connectivity index (χ1v) is 16.1. The fourth-order valence-corrected chi connectivity index (χ4v) is 3.61. The highest BCUT2D eigenvalue weighted by Gasteiger charge is 2.02. The van der Waals surface area contributed by atoms with Crippen LogP contribution in [0.25, 0.3) is 0 Å². The molecule has 0 N–H and O–H groups in total. The molecule has 246 valence electrons. The van der Waals surface area contributed by atoms with Crippen molar-refractivity contribution in [2.45, 2.75) is 84.5 Å². The van der Waals surface area contributed by atoms with Crippen LogP contribution in [0.1, 0.15) is 84.5 Å². The molecule has 0 amide bonds. The van der Waals surface area contributed by atoms with E-state index in [1.807, 2.05) is 0 Å². The summed E-state index contributed by atoms with van der Waals surface area (Å²) in [7, 11) is 0. The zero-order valence-electron chi connectivity index (χ0n) is 26.4. The molecule has 0 unspecified atom stereocenters. The predicted molar refractivity (Wildman–Crippen MR) is 160 cm³/mol. The van der Waals surface area contributed by atoms with Gasteiger partial charge in [0, 0.05) is 13.0 Å². The summed E-state index contributed by atoms with van der Waals surface area (Å²) in [5.41, 5.74) is 0. The molecule has 10 heteroatoms. The van der Waals surface area contributed by atoms with Crippen molar-refractivity contribution in [3.8, 4) is 0 Å². The second-order valence-electron chi connectivity index (χ2n) is 9.70. The van der Waals surface area contributed by atoms with Crippen molar-refractivity contribution in [3.63, 3.8) is 0 Å². The molecular formula is C31H62O10. The molecule has 0 aliphatic heterocycles. The average Bonchev–Trinajstić information content (AvgIpc) is 2.98. The monoisotopic (exact) mass is 594 g/mol.